The Morgan fingerprint density at radius 3 is 1.88 bits per heavy atom. The van der Waals surface area contributed by atoms with E-state index in [2.05, 4.69) is 0 Å². The Bertz CT molecular complexity index is 596. The van der Waals surface area contributed by atoms with Gasteiger partial charge in [0.15, 0.2) is 20.6 Å². The highest BCUT2D eigenvalue weighted by Crippen LogP contribution is 2.18. The second-order valence-electron chi connectivity index (χ2n) is 2.74. The number of nitrogens with one attached hydrogen (secondary N) is 1. The van der Waals surface area contributed by atoms with Crippen molar-refractivity contribution in [3.05, 3.63) is 29.3 Å². The molecular weight excluding hydrogens is 296 g/mol. The van der Waals surface area contributed by atoms with Crippen molar-refractivity contribution in [2.45, 2.75) is 0 Å². The van der Waals surface area contributed by atoms with E-state index in [1.54, 1.807) is 0 Å². The van der Waals surface area contributed by atoms with Gasteiger partial charge in [0.1, 0.15) is 0 Å². The van der Waals surface area contributed by atoms with Crippen LogP contribution in [-0.4, -0.2) is 25.9 Å². The van der Waals surface area contributed by atoms with Gasteiger partial charge < -0.3 is 9.11 Å². The van der Waals surface area contributed by atoms with Crippen molar-refractivity contribution in [1.29, 1.82) is 0 Å². The summed E-state index contributed by atoms with van der Waals surface area (Å²) in [5.74, 6) is 0. The monoisotopic (exact) mass is 300 g/mol. The number of halogens is 1. The van der Waals surface area contributed by atoms with Crippen LogP contribution in [0.4, 0.5) is 5.69 Å². The van der Waals surface area contributed by atoms with Gasteiger partial charge in [-0.05, 0) is 24.3 Å². The predicted molar refractivity (Wildman–Crippen MR) is 56.5 cm³/mol. The number of rotatable bonds is 4. The summed E-state index contributed by atoms with van der Waals surface area (Å²) in [5.41, 5.74) is -0.358. The molecule has 0 radical (unpaired) electrons. The van der Waals surface area contributed by atoms with Crippen molar-refractivity contribution in [2.75, 3.05) is 4.41 Å². The lowest BCUT2D eigenvalue weighted by molar-refractivity contribution is 0.433. The van der Waals surface area contributed by atoms with Crippen LogP contribution in [0.1, 0.15) is 0 Å². The lowest BCUT2D eigenvalue weighted by atomic mass is 10.3. The van der Waals surface area contributed by atoms with Crippen LogP contribution in [0.3, 0.4) is 0 Å². The summed E-state index contributed by atoms with van der Waals surface area (Å²) < 4.78 is 63.2. The van der Waals surface area contributed by atoms with Gasteiger partial charge in [0.05, 0.1) is 5.69 Å². The molecule has 0 aromatic heterocycles. The van der Waals surface area contributed by atoms with E-state index in [9.17, 15) is 25.9 Å². The molecule has 0 saturated carbocycles. The minimum atomic E-state index is -5.21. The van der Waals surface area contributed by atoms with Crippen molar-refractivity contribution >= 4 is 37.9 Å². The molecule has 0 heterocycles. The van der Waals surface area contributed by atoms with Gasteiger partial charge in [0, 0.05) is 5.02 Å². The molecule has 96 valence electrons. The fraction of sp³-hybridized carbons (Fsp3) is 0. The Labute approximate surface area is 103 Å². The Morgan fingerprint density at radius 1 is 1.06 bits per heavy atom. The first-order chi connectivity index (χ1) is 7.59. The number of nitrogens with zero attached hydrogens (tertiary/aromatic N) is 1. The molecule has 1 N–H and O–H groups in total. The van der Waals surface area contributed by atoms with E-state index < -0.39 is 20.6 Å². The van der Waals surface area contributed by atoms with E-state index in [1.807, 2.05) is 0 Å². The molecule has 11 heteroatoms. The molecule has 0 amide bonds. The Morgan fingerprint density at radius 2 is 1.53 bits per heavy atom. The third-order valence-corrected chi connectivity index (χ3v) is 3.00. The fourth-order valence-electron chi connectivity index (χ4n) is 0.905. The first-order valence-electron chi connectivity index (χ1n) is 3.84. The van der Waals surface area contributed by atoms with E-state index in [-0.39, 0.29) is 15.1 Å². The van der Waals surface area contributed by atoms with Gasteiger partial charge in [0.2, 0.25) is 0 Å². The minimum Gasteiger partial charge on any atom is -0.734 e. The Hall–Kier alpha value is -0.910. The van der Waals surface area contributed by atoms with E-state index in [1.165, 1.54) is 12.1 Å². The van der Waals surface area contributed by atoms with E-state index >= 15 is 0 Å². The van der Waals surface area contributed by atoms with Gasteiger partial charge in [-0.2, -0.15) is 4.41 Å². The number of benzene rings is 1. The van der Waals surface area contributed by atoms with Crippen molar-refractivity contribution < 1.29 is 25.9 Å². The maximum atomic E-state index is 10.8. The molecule has 0 saturated heterocycles. The second kappa shape index (κ2) is 4.76. The molecule has 1 aromatic carbocycles. The summed E-state index contributed by atoms with van der Waals surface area (Å²) in [4.78, 5) is 1.04. The molecule has 8 nitrogen and oxygen atoms in total. The zero-order valence-electron chi connectivity index (χ0n) is 7.90. The average molecular weight is 301 g/mol. The number of hydrogen-bond donors (Lipinski definition) is 1. The maximum Gasteiger partial charge on any atom is 0.199 e. The highest BCUT2D eigenvalue weighted by atomic mass is 35.5. The Kier molecular flexibility index (Phi) is 3.96. The number of anilines is 1. The summed E-state index contributed by atoms with van der Waals surface area (Å²) in [7, 11) is -10.4. The summed E-state index contributed by atoms with van der Waals surface area (Å²) in [5, 5.41) is 0.238. The molecule has 17 heavy (non-hydrogen) atoms. The van der Waals surface area contributed by atoms with Crippen molar-refractivity contribution in [2.24, 2.45) is 0 Å². The van der Waals surface area contributed by atoms with Gasteiger partial charge in [-0.25, -0.2) is 16.8 Å². The van der Waals surface area contributed by atoms with E-state index in [4.69, 9.17) is 11.6 Å². The maximum absolute atomic E-state index is 10.8. The van der Waals surface area contributed by atoms with Crippen LogP contribution in [0.15, 0.2) is 24.3 Å². The highest BCUT2D eigenvalue weighted by molar-refractivity contribution is 7.89. The van der Waals surface area contributed by atoms with Gasteiger partial charge >= 0.3 is 0 Å². The molecule has 1 aromatic rings. The topological polar surface area (TPSA) is 130 Å². The van der Waals surface area contributed by atoms with Crippen LogP contribution in [-0.2, 0) is 20.6 Å². The standard InChI is InChI=1S/C6H7ClN2O6S2/c7-5-1-3-6(4-2-5)9(17(13,14)15)8-16(10,11)12/h1-4,8H,(H,10,11,12)(H,13,14,15)/p-2. The molecule has 1 rings (SSSR count). The lowest BCUT2D eigenvalue weighted by Gasteiger charge is -2.28. The van der Waals surface area contributed by atoms with Crippen LogP contribution in [0.2, 0.25) is 5.02 Å². The fourth-order valence-corrected chi connectivity index (χ4v) is 2.36. The predicted octanol–water partition coefficient (Wildman–Crippen LogP) is -0.429. The largest absolute Gasteiger partial charge is 0.734 e. The molecule has 0 bridgehead atoms. The molecule has 0 unspecified atom stereocenters. The van der Waals surface area contributed by atoms with Crippen molar-refractivity contribution in [3.63, 3.8) is 0 Å². The zero-order valence-corrected chi connectivity index (χ0v) is 10.3. The van der Waals surface area contributed by atoms with Gasteiger partial charge in [-0.15, -0.1) is 4.83 Å². The Balaban J connectivity index is 3.21. The minimum absolute atomic E-state index is 0.238. The quantitative estimate of drug-likeness (QED) is 0.593. The molecule has 0 aliphatic rings. The molecule has 0 aliphatic carbocycles. The molecular formula is C6H5ClN2O6S2-2. The van der Waals surface area contributed by atoms with Crippen molar-refractivity contribution in [3.8, 4) is 0 Å². The lowest BCUT2D eigenvalue weighted by Crippen LogP contribution is -2.46. The normalized spacial score (nSPS) is 12.4. The smallest absolute Gasteiger partial charge is 0.199 e. The summed E-state index contributed by atoms with van der Waals surface area (Å²) in [6, 6.07) is 4.54. The highest BCUT2D eigenvalue weighted by Gasteiger charge is 2.15. The summed E-state index contributed by atoms with van der Waals surface area (Å²) >= 11 is 5.52. The third-order valence-electron chi connectivity index (χ3n) is 1.48. The second-order valence-corrected chi connectivity index (χ2v) is 5.49. The zero-order chi connectivity index (χ0) is 13.3. The van der Waals surface area contributed by atoms with Gasteiger partial charge in [-0.1, -0.05) is 11.6 Å². The summed E-state index contributed by atoms with van der Waals surface area (Å²) in [6.45, 7) is 0. The van der Waals surface area contributed by atoms with Crippen LogP contribution >= 0.6 is 11.6 Å². The van der Waals surface area contributed by atoms with Gasteiger partial charge in [0.25, 0.3) is 0 Å². The number of hydrazine groups is 1. The van der Waals surface area contributed by atoms with Crippen LogP contribution in [0.5, 0.6) is 0 Å². The van der Waals surface area contributed by atoms with Crippen LogP contribution in [0, 0.1) is 0 Å². The molecule has 0 spiro atoms. The van der Waals surface area contributed by atoms with Gasteiger partial charge in [-0.3, -0.25) is 0 Å². The van der Waals surface area contributed by atoms with Crippen LogP contribution in [0.25, 0.3) is 0 Å². The third kappa shape index (κ3) is 4.46. The molecule has 0 fully saturated rings. The first kappa shape index (κ1) is 14.2. The number of hydrogen-bond acceptors (Lipinski definition) is 6. The van der Waals surface area contributed by atoms with Crippen LogP contribution < -0.4 is 9.25 Å². The summed E-state index contributed by atoms with van der Waals surface area (Å²) in [6.07, 6.45) is 0. The molecule has 0 atom stereocenters. The molecule has 0 aliphatic heterocycles. The first-order valence-corrected chi connectivity index (χ1v) is 7.00. The van der Waals surface area contributed by atoms with Crippen molar-refractivity contribution in [1.82, 2.24) is 4.83 Å². The SMILES string of the molecule is O=S(=O)([O-])NN(c1ccc(Cl)cc1)S(=O)(=O)[O-]. The van der Waals surface area contributed by atoms with E-state index in [0.29, 0.717) is 0 Å². The van der Waals surface area contributed by atoms with E-state index in [0.717, 1.165) is 17.0 Å². The average Bonchev–Trinajstić information content (AvgIpc) is 2.13.